The van der Waals surface area contributed by atoms with Crippen molar-refractivity contribution in [1.82, 2.24) is 9.55 Å². The molecule has 1 aromatic heterocycles. The van der Waals surface area contributed by atoms with Gasteiger partial charge in [0.2, 0.25) is 0 Å². The predicted octanol–water partition coefficient (Wildman–Crippen LogP) is 3.61. The highest BCUT2D eigenvalue weighted by molar-refractivity contribution is 5.78. The normalized spacial score (nSPS) is 11.1. The van der Waals surface area contributed by atoms with Crippen molar-refractivity contribution in [2.24, 2.45) is 0 Å². The Morgan fingerprint density at radius 3 is 2.57 bits per heavy atom. The lowest BCUT2D eigenvalue weighted by molar-refractivity contribution is 0.261. The van der Waals surface area contributed by atoms with Crippen molar-refractivity contribution in [2.45, 2.75) is 33.4 Å². The van der Waals surface area contributed by atoms with E-state index in [0.29, 0.717) is 12.4 Å². The van der Waals surface area contributed by atoms with Crippen LogP contribution in [0.1, 0.15) is 23.4 Å². The summed E-state index contributed by atoms with van der Waals surface area (Å²) in [6, 6.07) is 14.1. The van der Waals surface area contributed by atoms with Gasteiger partial charge in [-0.15, -0.1) is 0 Å². The number of benzene rings is 2. The van der Waals surface area contributed by atoms with Crippen LogP contribution < -0.4 is 4.74 Å². The fraction of sp³-hybridized carbons (Fsp3) is 0.316. The Bertz CT molecular complexity index is 794. The molecule has 2 aromatic carbocycles. The number of para-hydroxylation sites is 1. The molecule has 23 heavy (non-hydrogen) atoms. The van der Waals surface area contributed by atoms with Crippen LogP contribution in [0.3, 0.4) is 0 Å². The molecule has 0 amide bonds. The molecule has 0 radical (unpaired) electrons. The number of aliphatic hydroxyl groups excluding tert-OH is 1. The van der Waals surface area contributed by atoms with Gasteiger partial charge in [0, 0.05) is 6.54 Å². The summed E-state index contributed by atoms with van der Waals surface area (Å²) in [4.78, 5) is 4.54. The molecule has 0 saturated heterocycles. The molecule has 0 bridgehead atoms. The zero-order chi connectivity index (χ0) is 16.2. The minimum atomic E-state index is -0.0493. The van der Waals surface area contributed by atoms with Crippen LogP contribution in [0.25, 0.3) is 11.0 Å². The van der Waals surface area contributed by atoms with Gasteiger partial charge in [0.05, 0.1) is 17.6 Å². The first-order chi connectivity index (χ1) is 11.2. The minimum absolute atomic E-state index is 0.0493. The first-order valence-electron chi connectivity index (χ1n) is 7.94. The third-order valence-electron chi connectivity index (χ3n) is 4.12. The predicted molar refractivity (Wildman–Crippen MR) is 91.7 cm³/mol. The smallest absolute Gasteiger partial charge is 0.135 e. The van der Waals surface area contributed by atoms with Crippen molar-refractivity contribution in [1.29, 1.82) is 0 Å². The van der Waals surface area contributed by atoms with Crippen LogP contribution in [0.4, 0.5) is 0 Å². The summed E-state index contributed by atoms with van der Waals surface area (Å²) in [7, 11) is 0. The maximum Gasteiger partial charge on any atom is 0.135 e. The first-order valence-corrected chi connectivity index (χ1v) is 7.94. The molecule has 3 aromatic rings. The molecule has 4 heteroatoms. The van der Waals surface area contributed by atoms with Gasteiger partial charge in [0.25, 0.3) is 0 Å². The molecule has 0 atom stereocenters. The second-order valence-corrected chi connectivity index (χ2v) is 5.78. The van der Waals surface area contributed by atoms with Crippen LogP contribution in [0.15, 0.2) is 42.5 Å². The van der Waals surface area contributed by atoms with E-state index in [9.17, 15) is 5.11 Å². The van der Waals surface area contributed by atoms with Crippen molar-refractivity contribution in [3.63, 3.8) is 0 Å². The van der Waals surface area contributed by atoms with Crippen LogP contribution >= 0.6 is 0 Å². The number of imidazole rings is 1. The lowest BCUT2D eigenvalue weighted by atomic mass is 10.1. The Morgan fingerprint density at radius 1 is 1.09 bits per heavy atom. The number of aryl methyl sites for hydroxylation is 3. The van der Waals surface area contributed by atoms with E-state index in [2.05, 4.69) is 35.5 Å². The van der Waals surface area contributed by atoms with Crippen molar-refractivity contribution in [3.8, 4) is 5.75 Å². The Balaban J connectivity index is 1.72. The molecule has 1 heterocycles. The molecular weight excluding hydrogens is 288 g/mol. The number of hydrogen-bond donors (Lipinski definition) is 1. The standard InChI is InChI=1S/C19H22N2O2/c1-14-11-17-18(12-15(14)2)21(19(13-22)20-17)9-6-10-23-16-7-4-3-5-8-16/h3-5,7-8,11-12,22H,6,9-10,13H2,1-2H3. The molecule has 0 spiro atoms. The molecule has 1 N–H and O–H groups in total. The molecule has 0 aliphatic carbocycles. The maximum atomic E-state index is 9.58. The second-order valence-electron chi connectivity index (χ2n) is 5.78. The van der Waals surface area contributed by atoms with Crippen molar-refractivity contribution in [2.75, 3.05) is 6.61 Å². The lowest BCUT2D eigenvalue weighted by Gasteiger charge is -2.10. The number of aliphatic hydroxyl groups is 1. The van der Waals surface area contributed by atoms with Crippen LogP contribution in [0.2, 0.25) is 0 Å². The second kappa shape index (κ2) is 6.84. The van der Waals surface area contributed by atoms with Gasteiger partial charge in [-0.25, -0.2) is 4.98 Å². The van der Waals surface area contributed by atoms with E-state index in [1.165, 1.54) is 11.1 Å². The Hall–Kier alpha value is -2.33. The summed E-state index contributed by atoms with van der Waals surface area (Å²) in [5, 5.41) is 9.58. The van der Waals surface area contributed by atoms with E-state index in [1.807, 2.05) is 30.3 Å². The van der Waals surface area contributed by atoms with Gasteiger partial charge in [-0.3, -0.25) is 0 Å². The number of aromatic nitrogens is 2. The summed E-state index contributed by atoms with van der Waals surface area (Å²) < 4.78 is 7.83. The molecule has 0 fully saturated rings. The molecule has 4 nitrogen and oxygen atoms in total. The van der Waals surface area contributed by atoms with Crippen molar-refractivity contribution < 1.29 is 9.84 Å². The maximum absolute atomic E-state index is 9.58. The van der Waals surface area contributed by atoms with E-state index < -0.39 is 0 Å². The monoisotopic (exact) mass is 310 g/mol. The van der Waals surface area contributed by atoms with Crippen LogP contribution in [-0.2, 0) is 13.2 Å². The minimum Gasteiger partial charge on any atom is -0.494 e. The summed E-state index contributed by atoms with van der Waals surface area (Å²) in [5.74, 6) is 1.60. The lowest BCUT2D eigenvalue weighted by Crippen LogP contribution is -2.08. The fourth-order valence-corrected chi connectivity index (χ4v) is 2.73. The van der Waals surface area contributed by atoms with Gasteiger partial charge in [-0.05, 0) is 55.7 Å². The molecule has 120 valence electrons. The molecule has 0 aliphatic heterocycles. The number of hydrogen-bond acceptors (Lipinski definition) is 3. The Kier molecular flexibility index (Phi) is 4.63. The van der Waals surface area contributed by atoms with E-state index >= 15 is 0 Å². The number of rotatable bonds is 6. The van der Waals surface area contributed by atoms with Gasteiger partial charge in [0.15, 0.2) is 0 Å². The van der Waals surface area contributed by atoms with Gasteiger partial charge in [0.1, 0.15) is 18.2 Å². The van der Waals surface area contributed by atoms with Gasteiger partial charge < -0.3 is 14.4 Å². The zero-order valence-electron chi connectivity index (χ0n) is 13.6. The van der Waals surface area contributed by atoms with Gasteiger partial charge in [-0.2, -0.15) is 0 Å². The summed E-state index contributed by atoms with van der Waals surface area (Å²) in [6.45, 7) is 5.55. The summed E-state index contributed by atoms with van der Waals surface area (Å²) in [6.07, 6.45) is 0.861. The zero-order valence-corrected chi connectivity index (χ0v) is 13.6. The fourth-order valence-electron chi connectivity index (χ4n) is 2.73. The van der Waals surface area contributed by atoms with E-state index in [1.54, 1.807) is 0 Å². The van der Waals surface area contributed by atoms with Gasteiger partial charge in [-0.1, -0.05) is 18.2 Å². The largest absolute Gasteiger partial charge is 0.494 e. The summed E-state index contributed by atoms with van der Waals surface area (Å²) >= 11 is 0. The molecule has 0 aliphatic rings. The average Bonchev–Trinajstić information content (AvgIpc) is 2.90. The van der Waals surface area contributed by atoms with Crippen LogP contribution in [0.5, 0.6) is 5.75 Å². The van der Waals surface area contributed by atoms with Crippen LogP contribution in [-0.4, -0.2) is 21.3 Å². The number of ether oxygens (including phenoxy) is 1. The third kappa shape index (κ3) is 3.37. The number of nitrogens with zero attached hydrogens (tertiary/aromatic N) is 2. The molecular formula is C19H22N2O2. The topological polar surface area (TPSA) is 47.3 Å². The Morgan fingerprint density at radius 2 is 1.83 bits per heavy atom. The van der Waals surface area contributed by atoms with E-state index in [4.69, 9.17) is 4.74 Å². The number of fused-ring (bicyclic) bond motifs is 1. The van der Waals surface area contributed by atoms with Crippen molar-refractivity contribution >= 4 is 11.0 Å². The molecule has 0 saturated carbocycles. The van der Waals surface area contributed by atoms with Crippen LogP contribution in [0, 0.1) is 13.8 Å². The highest BCUT2D eigenvalue weighted by atomic mass is 16.5. The molecule has 0 unspecified atom stereocenters. The van der Waals surface area contributed by atoms with Gasteiger partial charge >= 0.3 is 0 Å². The first kappa shape index (κ1) is 15.6. The van der Waals surface area contributed by atoms with Crippen molar-refractivity contribution in [3.05, 3.63) is 59.4 Å². The SMILES string of the molecule is Cc1cc2nc(CO)n(CCCOc3ccccc3)c2cc1C. The highest BCUT2D eigenvalue weighted by Gasteiger charge is 2.11. The highest BCUT2D eigenvalue weighted by Crippen LogP contribution is 2.21. The Labute approximate surface area is 136 Å². The third-order valence-corrected chi connectivity index (χ3v) is 4.12. The van der Waals surface area contributed by atoms with E-state index in [-0.39, 0.29) is 6.61 Å². The average molecular weight is 310 g/mol. The quantitative estimate of drug-likeness (QED) is 0.707. The molecule has 3 rings (SSSR count). The summed E-state index contributed by atoms with van der Waals surface area (Å²) in [5.41, 5.74) is 4.49. The van der Waals surface area contributed by atoms with E-state index in [0.717, 1.165) is 29.7 Å².